The first-order valence-corrected chi connectivity index (χ1v) is 16.2. The predicted molar refractivity (Wildman–Crippen MR) is 145 cm³/mol. The summed E-state index contributed by atoms with van der Waals surface area (Å²) in [6, 6.07) is 0.174. The predicted octanol–water partition coefficient (Wildman–Crippen LogP) is 9.39. The Kier molecular flexibility index (Phi) is 11.4. The van der Waals surface area contributed by atoms with Gasteiger partial charge in [0.05, 0.1) is 0 Å². The van der Waals surface area contributed by atoms with Gasteiger partial charge in [-0.25, -0.2) is 13.2 Å². The Morgan fingerprint density at radius 3 is 2.00 bits per heavy atom. The third-order valence-electron chi connectivity index (χ3n) is 11.2. The van der Waals surface area contributed by atoms with Gasteiger partial charge in [-0.15, -0.1) is 0 Å². The number of nitrogens with one attached hydrogen (secondary N) is 1. The summed E-state index contributed by atoms with van der Waals surface area (Å²) in [6.45, 7) is 5.41. The van der Waals surface area contributed by atoms with Gasteiger partial charge in [0.25, 0.3) is 0 Å². The number of unbranched alkanes of at least 4 members (excludes halogenated alkanes) is 1. The van der Waals surface area contributed by atoms with E-state index in [2.05, 4.69) is 19.2 Å². The van der Waals surface area contributed by atoms with Gasteiger partial charge in [-0.1, -0.05) is 52.4 Å². The van der Waals surface area contributed by atoms with Crippen molar-refractivity contribution >= 4 is 0 Å². The van der Waals surface area contributed by atoms with E-state index in [1.807, 2.05) is 0 Å². The van der Waals surface area contributed by atoms with E-state index in [-0.39, 0.29) is 17.9 Å². The van der Waals surface area contributed by atoms with Crippen molar-refractivity contribution < 1.29 is 13.2 Å². The molecule has 0 aromatic rings. The standard InChI is InChI=1S/C32H56F3N/c1-3-5-7-25-15-16-27(20-29(25)33)24-12-8-22(9-13-24)10-14-26-17-18-28(32(35)31(26)34)30-19-11-23(6-4-2)21-36-30/h22-32,36H,3-21H2,1-2H3/t22?,23?,24?,25?,26?,27?,28?,29?,30?,31-,32?/m0/s1. The molecule has 36 heavy (non-hydrogen) atoms. The van der Waals surface area contributed by atoms with Crippen molar-refractivity contribution in [3.05, 3.63) is 0 Å². The van der Waals surface area contributed by atoms with Crippen molar-refractivity contribution in [3.8, 4) is 0 Å². The highest BCUT2D eigenvalue weighted by Gasteiger charge is 2.44. The Labute approximate surface area is 220 Å². The Hall–Kier alpha value is -0.250. The SMILES string of the molecule is CCCCC1CCC(C2CCC(CCC3CCC(C4CCC(CCC)CN4)C(F)[C@H]3F)CC2)CC1F. The van der Waals surface area contributed by atoms with Crippen molar-refractivity contribution in [1.29, 1.82) is 0 Å². The van der Waals surface area contributed by atoms with Crippen LogP contribution in [-0.4, -0.2) is 31.1 Å². The van der Waals surface area contributed by atoms with Crippen LogP contribution in [0.25, 0.3) is 0 Å². The molecule has 1 saturated heterocycles. The van der Waals surface area contributed by atoms with Crippen LogP contribution in [0.1, 0.15) is 129 Å². The van der Waals surface area contributed by atoms with E-state index in [0.717, 1.165) is 63.8 Å². The van der Waals surface area contributed by atoms with Crippen LogP contribution in [0.5, 0.6) is 0 Å². The van der Waals surface area contributed by atoms with Crippen LogP contribution in [0, 0.1) is 41.4 Å². The summed E-state index contributed by atoms with van der Waals surface area (Å²) in [6.07, 6.45) is 16.5. The molecule has 3 saturated carbocycles. The first-order chi connectivity index (χ1) is 17.5. The largest absolute Gasteiger partial charge is 0.313 e. The molecule has 0 aromatic heterocycles. The van der Waals surface area contributed by atoms with Crippen LogP contribution in [-0.2, 0) is 0 Å². The lowest BCUT2D eigenvalue weighted by Crippen LogP contribution is -2.51. The summed E-state index contributed by atoms with van der Waals surface area (Å²) in [5, 5.41) is 3.59. The summed E-state index contributed by atoms with van der Waals surface area (Å²) >= 11 is 0. The van der Waals surface area contributed by atoms with E-state index < -0.39 is 18.5 Å². The minimum atomic E-state index is -1.29. The molecule has 1 N–H and O–H groups in total. The van der Waals surface area contributed by atoms with Crippen molar-refractivity contribution in [2.24, 2.45) is 41.4 Å². The molecule has 0 spiro atoms. The summed E-state index contributed by atoms with van der Waals surface area (Å²) in [7, 11) is 0. The molecule has 1 heterocycles. The number of hydrogen-bond donors (Lipinski definition) is 1. The van der Waals surface area contributed by atoms with Gasteiger partial charge >= 0.3 is 0 Å². The molecule has 0 radical (unpaired) electrons. The zero-order valence-electron chi connectivity index (χ0n) is 23.4. The Morgan fingerprint density at radius 2 is 1.33 bits per heavy atom. The van der Waals surface area contributed by atoms with Crippen molar-refractivity contribution in [3.63, 3.8) is 0 Å². The van der Waals surface area contributed by atoms with E-state index in [0.29, 0.717) is 23.7 Å². The summed E-state index contributed by atoms with van der Waals surface area (Å²) in [5.41, 5.74) is 0. The van der Waals surface area contributed by atoms with Crippen molar-refractivity contribution in [2.75, 3.05) is 6.54 Å². The molecule has 1 nitrogen and oxygen atoms in total. The lowest BCUT2D eigenvalue weighted by Gasteiger charge is -2.42. The molecule has 4 rings (SSSR count). The number of piperidine rings is 1. The maximum Gasteiger partial charge on any atom is 0.136 e. The van der Waals surface area contributed by atoms with Crippen molar-refractivity contribution in [2.45, 2.75) is 154 Å². The summed E-state index contributed by atoms with van der Waals surface area (Å²) < 4.78 is 45.2. The summed E-state index contributed by atoms with van der Waals surface area (Å²) in [4.78, 5) is 0. The fraction of sp³-hybridized carbons (Fsp3) is 1.00. The van der Waals surface area contributed by atoms with Gasteiger partial charge in [0.2, 0.25) is 0 Å². The highest BCUT2D eigenvalue weighted by molar-refractivity contribution is 4.95. The molecule has 3 aliphatic carbocycles. The van der Waals surface area contributed by atoms with Crippen LogP contribution < -0.4 is 5.32 Å². The topological polar surface area (TPSA) is 12.0 Å². The van der Waals surface area contributed by atoms with Crippen LogP contribution in [0.3, 0.4) is 0 Å². The van der Waals surface area contributed by atoms with Gasteiger partial charge in [-0.3, -0.25) is 0 Å². The maximum atomic E-state index is 15.2. The maximum absolute atomic E-state index is 15.2. The minimum Gasteiger partial charge on any atom is -0.313 e. The van der Waals surface area contributed by atoms with Gasteiger partial charge in [0, 0.05) is 12.0 Å². The molecule has 8 unspecified atom stereocenters. The van der Waals surface area contributed by atoms with E-state index >= 15 is 8.78 Å². The molecule has 1 aliphatic heterocycles. The lowest BCUT2D eigenvalue weighted by molar-refractivity contribution is -0.00400. The molecule has 9 atom stereocenters. The minimum absolute atomic E-state index is 0.0869. The van der Waals surface area contributed by atoms with Crippen molar-refractivity contribution in [1.82, 2.24) is 5.32 Å². The van der Waals surface area contributed by atoms with E-state index in [9.17, 15) is 4.39 Å². The van der Waals surface area contributed by atoms with E-state index in [1.54, 1.807) is 0 Å². The molecular weight excluding hydrogens is 455 g/mol. The zero-order chi connectivity index (χ0) is 25.5. The van der Waals surface area contributed by atoms with E-state index in [4.69, 9.17) is 0 Å². The van der Waals surface area contributed by atoms with Gasteiger partial charge < -0.3 is 5.32 Å². The Morgan fingerprint density at radius 1 is 0.611 bits per heavy atom. The number of alkyl halides is 3. The summed E-state index contributed by atoms with van der Waals surface area (Å²) in [5.74, 6) is 2.76. The van der Waals surface area contributed by atoms with Crippen LogP contribution >= 0.6 is 0 Å². The fourth-order valence-electron chi connectivity index (χ4n) is 8.73. The van der Waals surface area contributed by atoms with Gasteiger partial charge in [-0.05, 0) is 119 Å². The number of hydrogen-bond acceptors (Lipinski definition) is 1. The lowest BCUT2D eigenvalue weighted by atomic mass is 9.67. The third kappa shape index (κ3) is 7.44. The second kappa shape index (κ2) is 14.2. The first-order valence-electron chi connectivity index (χ1n) is 16.2. The molecule has 0 aromatic carbocycles. The van der Waals surface area contributed by atoms with Gasteiger partial charge in [-0.2, -0.15) is 0 Å². The van der Waals surface area contributed by atoms with E-state index in [1.165, 1.54) is 64.2 Å². The normalized spacial score (nSPS) is 44.4. The molecule has 0 bridgehead atoms. The van der Waals surface area contributed by atoms with Crippen LogP contribution in [0.4, 0.5) is 13.2 Å². The quantitative estimate of drug-likeness (QED) is 0.308. The molecule has 210 valence electrons. The number of halogens is 3. The molecule has 4 heteroatoms. The van der Waals surface area contributed by atoms with Crippen LogP contribution in [0.15, 0.2) is 0 Å². The zero-order valence-corrected chi connectivity index (χ0v) is 23.4. The molecule has 4 fully saturated rings. The number of rotatable bonds is 10. The second-order valence-electron chi connectivity index (χ2n) is 13.5. The Bertz CT molecular complexity index is 613. The monoisotopic (exact) mass is 511 g/mol. The molecular formula is C32H56F3N. The fourth-order valence-corrected chi connectivity index (χ4v) is 8.73. The highest BCUT2D eigenvalue weighted by atomic mass is 19.2. The average Bonchev–Trinajstić information content (AvgIpc) is 2.90. The Balaban J connectivity index is 1.14. The molecule has 4 aliphatic rings. The second-order valence-corrected chi connectivity index (χ2v) is 13.5. The average molecular weight is 512 g/mol. The first kappa shape index (κ1) is 28.8. The third-order valence-corrected chi connectivity index (χ3v) is 11.2. The molecule has 0 amide bonds. The smallest absolute Gasteiger partial charge is 0.136 e. The highest BCUT2D eigenvalue weighted by Crippen LogP contribution is 2.45. The van der Waals surface area contributed by atoms with Gasteiger partial charge in [0.15, 0.2) is 0 Å². The van der Waals surface area contributed by atoms with Crippen LogP contribution in [0.2, 0.25) is 0 Å². The van der Waals surface area contributed by atoms with Gasteiger partial charge in [0.1, 0.15) is 18.5 Å².